The molecule has 2 N–H and O–H groups in total. The van der Waals surface area contributed by atoms with Crippen molar-refractivity contribution < 1.29 is 14.6 Å². The van der Waals surface area contributed by atoms with Crippen molar-refractivity contribution in [3.05, 3.63) is 29.3 Å². The number of para-hydroxylation sites is 1. The molecule has 2 unspecified atom stereocenters. The summed E-state index contributed by atoms with van der Waals surface area (Å²) in [5.74, 6) is 0.251. The topological polar surface area (TPSA) is 58.6 Å². The average Bonchev–Trinajstić information content (AvgIpc) is 2.26. The summed E-state index contributed by atoms with van der Waals surface area (Å²) in [5, 5.41) is 12.4. The van der Waals surface area contributed by atoms with Crippen molar-refractivity contribution in [2.75, 3.05) is 6.61 Å². The number of aliphatic hydroxyl groups is 1. The molecule has 0 aromatic heterocycles. The van der Waals surface area contributed by atoms with Crippen molar-refractivity contribution in [2.24, 2.45) is 0 Å². The molecule has 0 fully saturated rings. The van der Waals surface area contributed by atoms with Gasteiger partial charge < -0.3 is 15.2 Å². The van der Waals surface area contributed by atoms with Gasteiger partial charge in [0.15, 0.2) is 6.61 Å². The van der Waals surface area contributed by atoms with E-state index in [1.54, 1.807) is 31.2 Å². The summed E-state index contributed by atoms with van der Waals surface area (Å²) in [6, 6.07) is 6.89. The Bertz CT molecular complexity index is 396. The van der Waals surface area contributed by atoms with E-state index in [9.17, 15) is 9.90 Å². The summed E-state index contributed by atoms with van der Waals surface area (Å²) in [4.78, 5) is 11.6. The van der Waals surface area contributed by atoms with Gasteiger partial charge in [-0.25, -0.2) is 0 Å². The number of benzene rings is 1. The highest BCUT2D eigenvalue weighted by Crippen LogP contribution is 2.22. The van der Waals surface area contributed by atoms with Gasteiger partial charge in [-0.15, -0.1) is 0 Å². The molecule has 0 aliphatic rings. The van der Waals surface area contributed by atoms with Gasteiger partial charge in [0.05, 0.1) is 11.1 Å². The van der Waals surface area contributed by atoms with Crippen molar-refractivity contribution in [1.29, 1.82) is 0 Å². The minimum Gasteiger partial charge on any atom is -0.482 e. The fourth-order valence-corrected chi connectivity index (χ4v) is 1.78. The number of ether oxygens (including phenoxy) is 1. The van der Waals surface area contributed by atoms with E-state index in [2.05, 4.69) is 5.32 Å². The predicted molar refractivity (Wildman–Crippen MR) is 70.8 cm³/mol. The first-order valence-corrected chi connectivity index (χ1v) is 6.21. The quantitative estimate of drug-likeness (QED) is 0.832. The monoisotopic (exact) mass is 271 g/mol. The highest BCUT2D eigenvalue weighted by Gasteiger charge is 2.10. The molecule has 5 heteroatoms. The van der Waals surface area contributed by atoms with Crippen LogP contribution in [0.25, 0.3) is 0 Å². The zero-order valence-electron chi connectivity index (χ0n) is 10.5. The lowest BCUT2D eigenvalue weighted by molar-refractivity contribution is -0.123. The second kappa shape index (κ2) is 7.24. The Morgan fingerprint density at radius 2 is 2.11 bits per heavy atom. The molecule has 1 rings (SSSR count). The highest BCUT2D eigenvalue weighted by molar-refractivity contribution is 6.32. The van der Waals surface area contributed by atoms with Crippen molar-refractivity contribution >= 4 is 17.5 Å². The Kier molecular flexibility index (Phi) is 5.95. The molecule has 18 heavy (non-hydrogen) atoms. The average molecular weight is 272 g/mol. The third-order valence-corrected chi connectivity index (χ3v) is 2.61. The molecule has 0 aliphatic carbocycles. The van der Waals surface area contributed by atoms with Gasteiger partial charge in [0, 0.05) is 6.04 Å². The van der Waals surface area contributed by atoms with Gasteiger partial charge in [0.1, 0.15) is 5.75 Å². The number of aliphatic hydroxyl groups excluding tert-OH is 1. The molecule has 0 saturated carbocycles. The first-order chi connectivity index (χ1) is 8.49. The molecule has 1 aromatic rings. The molecule has 0 heterocycles. The van der Waals surface area contributed by atoms with Crippen LogP contribution in [0.2, 0.25) is 5.02 Å². The van der Waals surface area contributed by atoms with Crippen LogP contribution < -0.4 is 10.1 Å². The molecule has 0 spiro atoms. The number of nitrogens with one attached hydrogen (secondary N) is 1. The number of carbonyl (C=O) groups is 1. The summed E-state index contributed by atoms with van der Waals surface area (Å²) in [7, 11) is 0. The van der Waals surface area contributed by atoms with Crippen molar-refractivity contribution in [3.63, 3.8) is 0 Å². The number of hydrogen-bond acceptors (Lipinski definition) is 3. The maximum absolute atomic E-state index is 11.6. The number of hydrogen-bond donors (Lipinski definition) is 2. The second-order valence-corrected chi connectivity index (χ2v) is 4.68. The molecular formula is C13H18ClNO3. The summed E-state index contributed by atoms with van der Waals surface area (Å²) < 4.78 is 5.30. The van der Waals surface area contributed by atoms with Crippen LogP contribution in [-0.4, -0.2) is 29.8 Å². The van der Waals surface area contributed by atoms with E-state index in [-0.39, 0.29) is 18.6 Å². The Hall–Kier alpha value is -1.26. The van der Waals surface area contributed by atoms with Crippen LogP contribution >= 0.6 is 11.6 Å². The zero-order chi connectivity index (χ0) is 13.5. The minimum atomic E-state index is -0.440. The number of amides is 1. The lowest BCUT2D eigenvalue weighted by Crippen LogP contribution is -2.37. The van der Waals surface area contributed by atoms with Crippen LogP contribution in [-0.2, 0) is 4.79 Å². The lowest BCUT2D eigenvalue weighted by atomic mass is 10.1. The minimum absolute atomic E-state index is 0.0894. The summed E-state index contributed by atoms with van der Waals surface area (Å²) in [5.41, 5.74) is 0. The van der Waals surface area contributed by atoms with Crippen LogP contribution in [0, 0.1) is 0 Å². The number of halogens is 1. The van der Waals surface area contributed by atoms with Crippen LogP contribution in [0.4, 0.5) is 0 Å². The number of carbonyl (C=O) groups excluding carboxylic acids is 1. The van der Waals surface area contributed by atoms with E-state index >= 15 is 0 Å². The fraction of sp³-hybridized carbons (Fsp3) is 0.462. The second-order valence-electron chi connectivity index (χ2n) is 4.27. The largest absolute Gasteiger partial charge is 0.482 e. The predicted octanol–water partition coefficient (Wildman–Crippen LogP) is 1.99. The molecular weight excluding hydrogens is 254 g/mol. The van der Waals surface area contributed by atoms with Gasteiger partial charge in [-0.05, 0) is 32.4 Å². The Labute approximate surface area is 112 Å². The fourth-order valence-electron chi connectivity index (χ4n) is 1.59. The Morgan fingerprint density at radius 1 is 1.44 bits per heavy atom. The van der Waals surface area contributed by atoms with Crippen molar-refractivity contribution in [1.82, 2.24) is 5.32 Å². The van der Waals surface area contributed by atoms with E-state index in [1.165, 1.54) is 0 Å². The molecule has 1 amide bonds. The molecule has 1 aromatic carbocycles. The molecule has 100 valence electrons. The number of rotatable bonds is 6. The lowest BCUT2D eigenvalue weighted by Gasteiger charge is -2.15. The Morgan fingerprint density at radius 3 is 2.72 bits per heavy atom. The highest BCUT2D eigenvalue weighted by atomic mass is 35.5. The van der Waals surface area contributed by atoms with Crippen LogP contribution in [0.5, 0.6) is 5.75 Å². The van der Waals surface area contributed by atoms with E-state index in [0.29, 0.717) is 17.2 Å². The summed E-state index contributed by atoms with van der Waals surface area (Å²) in [6.45, 7) is 3.43. The van der Waals surface area contributed by atoms with Gasteiger partial charge in [-0.2, -0.15) is 0 Å². The van der Waals surface area contributed by atoms with Crippen LogP contribution in [0.3, 0.4) is 0 Å². The first-order valence-electron chi connectivity index (χ1n) is 5.83. The molecule has 2 atom stereocenters. The van der Waals surface area contributed by atoms with Crippen molar-refractivity contribution in [2.45, 2.75) is 32.4 Å². The van der Waals surface area contributed by atoms with E-state index in [1.807, 2.05) is 6.92 Å². The third kappa shape index (κ3) is 5.38. The third-order valence-electron chi connectivity index (χ3n) is 2.30. The van der Waals surface area contributed by atoms with Gasteiger partial charge in [0.2, 0.25) is 0 Å². The molecule has 0 bridgehead atoms. The molecule has 4 nitrogen and oxygen atoms in total. The Balaban J connectivity index is 2.35. The van der Waals surface area contributed by atoms with Gasteiger partial charge in [-0.3, -0.25) is 4.79 Å². The van der Waals surface area contributed by atoms with E-state index < -0.39 is 6.10 Å². The van der Waals surface area contributed by atoms with Gasteiger partial charge >= 0.3 is 0 Å². The van der Waals surface area contributed by atoms with E-state index in [0.717, 1.165) is 0 Å². The zero-order valence-corrected chi connectivity index (χ0v) is 11.3. The SMILES string of the molecule is CC(O)CC(C)NC(=O)COc1ccccc1Cl. The normalized spacial score (nSPS) is 13.8. The van der Waals surface area contributed by atoms with E-state index in [4.69, 9.17) is 16.3 Å². The maximum Gasteiger partial charge on any atom is 0.258 e. The standard InChI is InChI=1S/C13H18ClNO3/c1-9(7-10(2)16)15-13(17)8-18-12-6-4-3-5-11(12)14/h3-6,9-10,16H,7-8H2,1-2H3,(H,15,17). The van der Waals surface area contributed by atoms with Crippen LogP contribution in [0.15, 0.2) is 24.3 Å². The van der Waals surface area contributed by atoms with Gasteiger partial charge in [0.25, 0.3) is 5.91 Å². The van der Waals surface area contributed by atoms with Crippen LogP contribution in [0.1, 0.15) is 20.3 Å². The summed E-state index contributed by atoms with van der Waals surface area (Å²) >= 11 is 5.89. The maximum atomic E-state index is 11.6. The molecule has 0 aliphatic heterocycles. The molecule has 0 saturated heterocycles. The van der Waals surface area contributed by atoms with Crippen molar-refractivity contribution in [3.8, 4) is 5.75 Å². The first kappa shape index (κ1) is 14.8. The van der Waals surface area contributed by atoms with Gasteiger partial charge in [-0.1, -0.05) is 23.7 Å². The summed E-state index contributed by atoms with van der Waals surface area (Å²) in [6.07, 6.45) is 0.0717. The molecule has 0 radical (unpaired) electrons. The smallest absolute Gasteiger partial charge is 0.258 e.